The molecule has 25 heavy (non-hydrogen) atoms. The highest BCUT2D eigenvalue weighted by atomic mass is 32.2. The quantitative estimate of drug-likeness (QED) is 0.849. The van der Waals surface area contributed by atoms with Gasteiger partial charge >= 0.3 is 0 Å². The molecule has 138 valence electrons. The van der Waals surface area contributed by atoms with Crippen LogP contribution in [0.5, 0.6) is 0 Å². The Labute approximate surface area is 149 Å². The molecule has 2 rings (SSSR count). The molecule has 0 aromatic heterocycles. The first kappa shape index (κ1) is 19.4. The first-order valence-electron chi connectivity index (χ1n) is 8.23. The van der Waals surface area contributed by atoms with E-state index in [0.717, 1.165) is 5.56 Å². The van der Waals surface area contributed by atoms with Crippen molar-refractivity contribution in [3.8, 4) is 0 Å². The Balaban J connectivity index is 2.01. The molecule has 1 atom stereocenters. The van der Waals surface area contributed by atoms with Crippen molar-refractivity contribution in [1.29, 1.82) is 0 Å². The van der Waals surface area contributed by atoms with E-state index < -0.39 is 10.0 Å². The summed E-state index contributed by atoms with van der Waals surface area (Å²) in [5.41, 5.74) is 1.56. The van der Waals surface area contributed by atoms with Crippen LogP contribution < -0.4 is 5.32 Å². The Morgan fingerprint density at radius 2 is 2.08 bits per heavy atom. The van der Waals surface area contributed by atoms with Gasteiger partial charge in [0.25, 0.3) is 0 Å². The van der Waals surface area contributed by atoms with E-state index in [1.165, 1.54) is 17.5 Å². The molecular weight excluding hydrogens is 342 g/mol. The van der Waals surface area contributed by atoms with Crippen LogP contribution in [0.3, 0.4) is 0 Å². The maximum atomic E-state index is 12.5. The zero-order valence-electron chi connectivity index (χ0n) is 14.9. The summed E-state index contributed by atoms with van der Waals surface area (Å²) in [5, 5.41) is 2.86. The molecule has 1 heterocycles. The molecule has 1 aliphatic rings. The number of hydrogen-bond acceptors (Lipinski definition) is 4. The van der Waals surface area contributed by atoms with Gasteiger partial charge in [0, 0.05) is 39.3 Å². The van der Waals surface area contributed by atoms with E-state index in [4.69, 9.17) is 0 Å². The molecule has 1 unspecified atom stereocenters. The second-order valence-corrected chi connectivity index (χ2v) is 8.51. The molecule has 1 N–H and O–H groups in total. The highest BCUT2D eigenvalue weighted by Gasteiger charge is 2.30. The lowest BCUT2D eigenvalue weighted by atomic mass is 9.98. The maximum Gasteiger partial charge on any atom is 0.228 e. The van der Waals surface area contributed by atoms with Crippen LogP contribution in [0.1, 0.15) is 25.3 Å². The predicted octanol–water partition coefficient (Wildman–Crippen LogP) is 1.28. The Kier molecular flexibility index (Phi) is 6.18. The first-order valence-corrected chi connectivity index (χ1v) is 10.1. The fourth-order valence-electron chi connectivity index (χ4n) is 2.83. The van der Waals surface area contributed by atoms with E-state index >= 15 is 0 Å². The smallest absolute Gasteiger partial charge is 0.228 e. The number of rotatable bonds is 5. The van der Waals surface area contributed by atoms with Crippen LogP contribution in [-0.2, 0) is 26.2 Å². The third-order valence-corrected chi connectivity index (χ3v) is 5.65. The largest absolute Gasteiger partial charge is 0.342 e. The van der Waals surface area contributed by atoms with E-state index in [-0.39, 0.29) is 24.3 Å². The molecule has 1 fully saturated rings. The highest BCUT2D eigenvalue weighted by molar-refractivity contribution is 7.88. The molecule has 2 amide bonds. The Hall–Kier alpha value is -1.93. The van der Waals surface area contributed by atoms with Gasteiger partial charge in [0.15, 0.2) is 0 Å². The number of anilines is 1. The number of sulfonamides is 1. The average Bonchev–Trinajstić information content (AvgIpc) is 2.54. The molecule has 0 spiro atoms. The Morgan fingerprint density at radius 3 is 2.72 bits per heavy atom. The molecule has 0 aliphatic carbocycles. The summed E-state index contributed by atoms with van der Waals surface area (Å²) in [6.45, 7) is 2.65. The molecule has 8 heteroatoms. The normalized spacial score (nSPS) is 18.6. The van der Waals surface area contributed by atoms with Crippen molar-refractivity contribution in [3.63, 3.8) is 0 Å². The summed E-state index contributed by atoms with van der Waals surface area (Å²) in [6.07, 6.45) is 2.52. The Morgan fingerprint density at radius 1 is 1.36 bits per heavy atom. The van der Waals surface area contributed by atoms with Crippen LogP contribution in [0.2, 0.25) is 0 Å². The number of carbonyl (C=O) groups is 2. The molecule has 0 saturated carbocycles. The van der Waals surface area contributed by atoms with Crippen molar-refractivity contribution < 1.29 is 18.0 Å². The van der Waals surface area contributed by atoms with Crippen molar-refractivity contribution in [2.45, 2.75) is 26.3 Å². The maximum absolute atomic E-state index is 12.5. The molecule has 0 bridgehead atoms. The van der Waals surface area contributed by atoms with Crippen molar-refractivity contribution in [2.24, 2.45) is 5.92 Å². The van der Waals surface area contributed by atoms with Gasteiger partial charge in [-0.15, -0.1) is 0 Å². The summed E-state index contributed by atoms with van der Waals surface area (Å²) in [6, 6.07) is 7.32. The average molecular weight is 367 g/mol. The number of hydrogen-bond donors (Lipinski definition) is 1. The van der Waals surface area contributed by atoms with Crippen LogP contribution in [0, 0.1) is 5.92 Å². The molecule has 1 saturated heterocycles. The topological polar surface area (TPSA) is 86.8 Å². The fourth-order valence-corrected chi connectivity index (χ4v) is 3.75. The molecule has 1 aromatic carbocycles. The monoisotopic (exact) mass is 367 g/mol. The molecule has 1 aliphatic heterocycles. The summed E-state index contributed by atoms with van der Waals surface area (Å²) in [5.74, 6) is -0.560. The first-order chi connectivity index (χ1) is 11.7. The lowest BCUT2D eigenvalue weighted by Gasteiger charge is -2.30. The third kappa shape index (κ3) is 5.54. The zero-order chi connectivity index (χ0) is 18.6. The molecule has 1 aromatic rings. The van der Waals surface area contributed by atoms with Gasteiger partial charge in [0.1, 0.15) is 0 Å². The lowest BCUT2D eigenvalue weighted by molar-refractivity contribution is -0.128. The second kappa shape index (κ2) is 7.97. The van der Waals surface area contributed by atoms with Crippen LogP contribution in [-0.4, -0.2) is 55.8 Å². The third-order valence-electron chi connectivity index (χ3n) is 4.38. The van der Waals surface area contributed by atoms with Crippen molar-refractivity contribution in [2.75, 3.05) is 31.7 Å². The standard InChI is InChI=1S/C17H25N3O4S/c1-13(21)19(2)11-14-6-4-8-16(10-14)18-17(22)15-7-5-9-20(12-15)25(3,23)24/h4,6,8,10,15H,5,7,9,11-12H2,1-3H3,(H,18,22). The van der Waals surface area contributed by atoms with Crippen LogP contribution in [0.4, 0.5) is 5.69 Å². The van der Waals surface area contributed by atoms with Gasteiger partial charge < -0.3 is 10.2 Å². The number of nitrogens with zero attached hydrogens (tertiary/aromatic N) is 2. The van der Waals surface area contributed by atoms with E-state index in [9.17, 15) is 18.0 Å². The Bertz CT molecular complexity index is 748. The number of piperidine rings is 1. The van der Waals surface area contributed by atoms with Crippen LogP contribution >= 0.6 is 0 Å². The van der Waals surface area contributed by atoms with E-state index in [0.29, 0.717) is 31.6 Å². The van der Waals surface area contributed by atoms with Crippen LogP contribution in [0.25, 0.3) is 0 Å². The molecule has 0 radical (unpaired) electrons. The number of carbonyl (C=O) groups excluding carboxylic acids is 2. The number of benzene rings is 1. The zero-order valence-corrected chi connectivity index (χ0v) is 15.7. The van der Waals surface area contributed by atoms with Crippen LogP contribution in [0.15, 0.2) is 24.3 Å². The lowest BCUT2D eigenvalue weighted by Crippen LogP contribution is -2.43. The van der Waals surface area contributed by atoms with Crippen molar-refractivity contribution in [1.82, 2.24) is 9.21 Å². The number of nitrogens with one attached hydrogen (secondary N) is 1. The van der Waals surface area contributed by atoms with Gasteiger partial charge in [-0.3, -0.25) is 9.59 Å². The second-order valence-electron chi connectivity index (χ2n) is 6.52. The fraction of sp³-hybridized carbons (Fsp3) is 0.529. The summed E-state index contributed by atoms with van der Waals surface area (Å²) < 4.78 is 24.7. The minimum Gasteiger partial charge on any atom is -0.342 e. The summed E-state index contributed by atoms with van der Waals surface area (Å²) >= 11 is 0. The number of amides is 2. The molecule has 7 nitrogen and oxygen atoms in total. The van der Waals surface area contributed by atoms with E-state index in [2.05, 4.69) is 5.32 Å². The predicted molar refractivity (Wildman–Crippen MR) is 96.4 cm³/mol. The van der Waals surface area contributed by atoms with Gasteiger partial charge in [-0.2, -0.15) is 0 Å². The van der Waals surface area contributed by atoms with Crippen molar-refractivity contribution >= 4 is 27.5 Å². The SMILES string of the molecule is CC(=O)N(C)Cc1cccc(NC(=O)C2CCCN(S(C)(=O)=O)C2)c1. The van der Waals surface area contributed by atoms with Crippen molar-refractivity contribution in [3.05, 3.63) is 29.8 Å². The van der Waals surface area contributed by atoms with Gasteiger partial charge in [0.05, 0.1) is 12.2 Å². The minimum atomic E-state index is -3.28. The van der Waals surface area contributed by atoms with Gasteiger partial charge in [-0.25, -0.2) is 12.7 Å². The highest BCUT2D eigenvalue weighted by Crippen LogP contribution is 2.21. The summed E-state index contributed by atoms with van der Waals surface area (Å²) in [4.78, 5) is 25.4. The van der Waals surface area contributed by atoms with Gasteiger partial charge in [-0.1, -0.05) is 12.1 Å². The molecular formula is C17H25N3O4S. The van der Waals surface area contributed by atoms with Gasteiger partial charge in [0.2, 0.25) is 21.8 Å². The van der Waals surface area contributed by atoms with E-state index in [1.807, 2.05) is 18.2 Å². The van der Waals surface area contributed by atoms with E-state index in [1.54, 1.807) is 18.0 Å². The van der Waals surface area contributed by atoms with Gasteiger partial charge in [-0.05, 0) is 30.5 Å². The summed E-state index contributed by atoms with van der Waals surface area (Å²) in [7, 11) is -1.56. The minimum absolute atomic E-state index is 0.0301.